The summed E-state index contributed by atoms with van der Waals surface area (Å²) in [5, 5.41) is 20.5. The van der Waals surface area contributed by atoms with E-state index in [1.165, 1.54) is 0 Å². The van der Waals surface area contributed by atoms with Crippen molar-refractivity contribution in [2.24, 2.45) is 10.9 Å². The van der Waals surface area contributed by atoms with Crippen LogP contribution in [0.15, 0.2) is 5.16 Å². The van der Waals surface area contributed by atoms with E-state index in [9.17, 15) is 18.0 Å². The molecule has 0 unspecified atom stereocenters. The predicted molar refractivity (Wildman–Crippen MR) is 52.7 cm³/mol. The maximum Gasteiger partial charge on any atom is 0.452 e. The van der Waals surface area contributed by atoms with Crippen LogP contribution in [0.5, 0.6) is 0 Å². The predicted octanol–water partition coefficient (Wildman–Crippen LogP) is 0.508. The quantitative estimate of drug-likeness (QED) is 0.182. The first kappa shape index (κ1) is 15.5. The summed E-state index contributed by atoms with van der Waals surface area (Å²) in [5.41, 5.74) is 5.18. The molecule has 5 N–H and O–H groups in total. The highest BCUT2D eigenvalue weighted by molar-refractivity contribution is 5.90. The Labute approximate surface area is 95.3 Å². The summed E-state index contributed by atoms with van der Waals surface area (Å²) in [4.78, 5) is 10.7. The van der Waals surface area contributed by atoms with E-state index in [4.69, 9.17) is 16.0 Å². The molecule has 0 radical (unpaired) electrons. The summed E-state index contributed by atoms with van der Waals surface area (Å²) in [5.74, 6) is -3.18. The summed E-state index contributed by atoms with van der Waals surface area (Å²) in [7, 11) is 0. The third kappa shape index (κ3) is 5.95. The number of alkyl halides is 3. The molecule has 0 aliphatic rings. The number of oxime groups is 1. The molecular weight excluding hydrogens is 243 g/mol. The molecule has 0 bridgehead atoms. The number of nitrogens with one attached hydrogen (secondary N) is 1. The van der Waals surface area contributed by atoms with E-state index >= 15 is 0 Å². The highest BCUT2D eigenvalue weighted by Crippen LogP contribution is 2.16. The van der Waals surface area contributed by atoms with Crippen LogP contribution in [0.1, 0.15) is 19.3 Å². The highest BCUT2D eigenvalue weighted by atomic mass is 19.4. The Morgan fingerprint density at radius 3 is 2.35 bits per heavy atom. The van der Waals surface area contributed by atoms with Crippen molar-refractivity contribution in [2.45, 2.75) is 31.5 Å². The van der Waals surface area contributed by atoms with Crippen LogP contribution in [0.25, 0.3) is 0 Å². The molecule has 0 aromatic rings. The Balaban J connectivity index is 4.48. The van der Waals surface area contributed by atoms with Crippen molar-refractivity contribution in [1.82, 2.24) is 5.32 Å². The lowest BCUT2D eigenvalue weighted by Crippen LogP contribution is -2.47. The Morgan fingerprint density at radius 1 is 1.41 bits per heavy atom. The second-order valence-electron chi connectivity index (χ2n) is 3.27. The highest BCUT2D eigenvalue weighted by Gasteiger charge is 2.39. The molecule has 100 valence electrons. The number of rotatable bonds is 6. The number of carboxylic acid groups (broad SMARTS) is 1. The number of hydrogen-bond donors (Lipinski definition) is 4. The van der Waals surface area contributed by atoms with E-state index in [-0.39, 0.29) is 6.42 Å². The monoisotopic (exact) mass is 257 g/mol. The van der Waals surface area contributed by atoms with Crippen molar-refractivity contribution in [3.05, 3.63) is 0 Å². The van der Waals surface area contributed by atoms with Crippen molar-refractivity contribution in [3.63, 3.8) is 0 Å². The van der Waals surface area contributed by atoms with Gasteiger partial charge < -0.3 is 21.4 Å². The maximum absolute atomic E-state index is 12.2. The number of carbonyl (C=O) groups is 1. The van der Waals surface area contributed by atoms with E-state index < -0.39 is 24.0 Å². The minimum atomic E-state index is -4.92. The lowest BCUT2D eigenvalue weighted by molar-refractivity contribution is -0.139. The van der Waals surface area contributed by atoms with Crippen LogP contribution in [0.2, 0.25) is 0 Å². The number of halogens is 3. The largest absolute Gasteiger partial charge is 0.480 e. The number of unbranched alkanes of at least 4 members (excludes halogenated alkanes) is 1. The van der Waals surface area contributed by atoms with Gasteiger partial charge in [-0.1, -0.05) is 5.16 Å². The van der Waals surface area contributed by atoms with E-state index in [0.717, 1.165) is 0 Å². The molecule has 0 spiro atoms. The first-order valence-electron chi connectivity index (χ1n) is 4.81. The van der Waals surface area contributed by atoms with Gasteiger partial charge in [0, 0.05) is 0 Å². The van der Waals surface area contributed by atoms with E-state index in [1.807, 2.05) is 5.16 Å². The third-order valence-electron chi connectivity index (χ3n) is 1.92. The first-order chi connectivity index (χ1) is 7.82. The smallest absolute Gasteiger partial charge is 0.452 e. The number of hydrogen-bond acceptors (Lipinski definition) is 4. The van der Waals surface area contributed by atoms with E-state index in [2.05, 4.69) is 0 Å². The van der Waals surface area contributed by atoms with Gasteiger partial charge in [-0.3, -0.25) is 0 Å². The minimum Gasteiger partial charge on any atom is -0.480 e. The molecule has 0 aromatic heterocycles. The van der Waals surface area contributed by atoms with Crippen LogP contribution < -0.4 is 11.1 Å². The molecule has 0 rings (SSSR count). The number of carboxylic acids is 1. The number of aliphatic carboxylic acids is 1. The van der Waals surface area contributed by atoms with E-state index in [0.29, 0.717) is 19.4 Å². The SMILES string of the molecule is NCCCC[C@H](N/C(=N/O)C(F)(F)F)C(=O)O. The molecule has 0 aromatic carbocycles. The van der Waals surface area contributed by atoms with Crippen molar-refractivity contribution in [3.8, 4) is 0 Å². The Hall–Kier alpha value is -1.51. The second kappa shape index (κ2) is 6.94. The molecule has 0 saturated heterocycles. The van der Waals surface area contributed by atoms with Gasteiger partial charge in [-0.25, -0.2) is 4.79 Å². The van der Waals surface area contributed by atoms with Gasteiger partial charge in [-0.05, 0) is 25.8 Å². The van der Waals surface area contributed by atoms with Gasteiger partial charge >= 0.3 is 12.1 Å². The summed E-state index contributed by atoms with van der Waals surface area (Å²) in [6, 6.07) is -1.46. The maximum atomic E-state index is 12.2. The fourth-order valence-electron chi connectivity index (χ4n) is 1.08. The van der Waals surface area contributed by atoms with Crippen LogP contribution in [0.3, 0.4) is 0 Å². The van der Waals surface area contributed by atoms with Gasteiger partial charge in [0.05, 0.1) is 0 Å². The molecule has 1 atom stereocenters. The second-order valence-corrected chi connectivity index (χ2v) is 3.27. The minimum absolute atomic E-state index is 0.0400. The third-order valence-corrected chi connectivity index (χ3v) is 1.92. The average Bonchev–Trinajstić information content (AvgIpc) is 2.20. The lowest BCUT2D eigenvalue weighted by Gasteiger charge is -2.17. The fourth-order valence-corrected chi connectivity index (χ4v) is 1.08. The summed E-state index contributed by atoms with van der Waals surface area (Å²) in [6.07, 6.45) is -4.10. The molecule has 0 fully saturated rings. The van der Waals surface area contributed by atoms with Gasteiger partial charge in [-0.2, -0.15) is 13.2 Å². The number of nitrogens with two attached hydrogens (primary N) is 1. The topological polar surface area (TPSA) is 108 Å². The van der Waals surface area contributed by atoms with Crippen LogP contribution in [0.4, 0.5) is 13.2 Å². The van der Waals surface area contributed by atoms with Crippen molar-refractivity contribution in [2.75, 3.05) is 6.54 Å². The average molecular weight is 257 g/mol. The Bertz CT molecular complexity index is 281. The van der Waals surface area contributed by atoms with E-state index in [1.54, 1.807) is 5.32 Å². The Morgan fingerprint density at radius 2 is 2.00 bits per heavy atom. The Kier molecular flexibility index (Phi) is 6.33. The molecule has 0 heterocycles. The molecule has 0 aliphatic heterocycles. The first-order valence-corrected chi connectivity index (χ1v) is 4.81. The summed E-state index contributed by atoms with van der Waals surface area (Å²) in [6.45, 7) is 0.326. The van der Waals surface area contributed by atoms with Gasteiger partial charge in [0.2, 0.25) is 5.84 Å². The molecule has 6 nitrogen and oxygen atoms in total. The number of nitrogens with zero attached hydrogens (tertiary/aromatic N) is 1. The lowest BCUT2D eigenvalue weighted by atomic mass is 10.1. The fraction of sp³-hybridized carbons (Fsp3) is 0.750. The van der Waals surface area contributed by atoms with Crippen molar-refractivity contribution in [1.29, 1.82) is 0 Å². The van der Waals surface area contributed by atoms with Gasteiger partial charge in [0.15, 0.2) is 0 Å². The normalized spacial score (nSPS) is 14.5. The van der Waals surface area contributed by atoms with Crippen LogP contribution >= 0.6 is 0 Å². The van der Waals surface area contributed by atoms with Gasteiger partial charge in [0.25, 0.3) is 0 Å². The molecule has 0 amide bonds. The van der Waals surface area contributed by atoms with Crippen LogP contribution in [0, 0.1) is 0 Å². The standard InChI is InChI=1S/C8H14F3N3O3/c9-8(10,11)7(14-17)13-5(6(15)16)3-1-2-4-12/h5,17H,1-4,12H2,(H,13,14)(H,15,16)/t5-/m0/s1. The van der Waals surface area contributed by atoms with Crippen molar-refractivity contribution >= 4 is 11.8 Å². The zero-order chi connectivity index (χ0) is 13.5. The van der Waals surface area contributed by atoms with Gasteiger partial charge in [0.1, 0.15) is 6.04 Å². The van der Waals surface area contributed by atoms with Crippen LogP contribution in [-0.4, -0.2) is 40.9 Å². The summed E-state index contributed by atoms with van der Waals surface area (Å²) >= 11 is 0. The molecular formula is C8H14F3N3O3. The van der Waals surface area contributed by atoms with Gasteiger partial charge in [-0.15, -0.1) is 0 Å². The van der Waals surface area contributed by atoms with Crippen molar-refractivity contribution < 1.29 is 28.3 Å². The molecule has 17 heavy (non-hydrogen) atoms. The number of amidine groups is 1. The zero-order valence-corrected chi connectivity index (χ0v) is 8.87. The summed E-state index contributed by atoms with van der Waals surface area (Å²) < 4.78 is 36.5. The zero-order valence-electron chi connectivity index (χ0n) is 8.87. The molecule has 9 heteroatoms. The molecule has 0 saturated carbocycles. The molecule has 0 aliphatic carbocycles. The van der Waals surface area contributed by atoms with Crippen LogP contribution in [-0.2, 0) is 4.79 Å².